The van der Waals surface area contributed by atoms with Gasteiger partial charge in [0, 0.05) is 11.0 Å². The van der Waals surface area contributed by atoms with Gasteiger partial charge in [0.05, 0.1) is 7.11 Å². The molecule has 1 saturated heterocycles. The zero-order valence-corrected chi connectivity index (χ0v) is 11.3. The highest BCUT2D eigenvalue weighted by Gasteiger charge is 2.12. The van der Waals surface area contributed by atoms with Crippen molar-refractivity contribution in [3.05, 3.63) is 29.8 Å². The van der Waals surface area contributed by atoms with Crippen molar-refractivity contribution < 1.29 is 4.74 Å². The smallest absolute Gasteiger partial charge is 0.119 e. The Balaban J connectivity index is 1.83. The second-order valence-corrected chi connectivity index (χ2v) is 5.75. The molecule has 1 aliphatic rings. The van der Waals surface area contributed by atoms with E-state index >= 15 is 0 Å². The van der Waals surface area contributed by atoms with Crippen molar-refractivity contribution in [1.82, 2.24) is 5.32 Å². The van der Waals surface area contributed by atoms with Crippen molar-refractivity contribution in [2.24, 2.45) is 0 Å². The summed E-state index contributed by atoms with van der Waals surface area (Å²) in [6.07, 6.45) is 3.96. The van der Waals surface area contributed by atoms with Gasteiger partial charge in [0.1, 0.15) is 5.75 Å². The predicted octanol–water partition coefficient (Wildman–Crippen LogP) is 3.07. The van der Waals surface area contributed by atoms with Crippen LogP contribution in [0.3, 0.4) is 0 Å². The Morgan fingerprint density at radius 1 is 1.35 bits per heavy atom. The first-order valence-electron chi connectivity index (χ1n) is 6.34. The standard InChI is InChI=1S/C14H21NOS/c1-16-13-5-2-4-12(10-13)11-17-14-6-3-8-15-9-7-14/h2,4-5,10,14-15H,3,6-9,11H2,1H3. The van der Waals surface area contributed by atoms with Crippen LogP contribution in [0.1, 0.15) is 24.8 Å². The van der Waals surface area contributed by atoms with E-state index in [0.29, 0.717) is 0 Å². The Morgan fingerprint density at radius 2 is 2.29 bits per heavy atom. The maximum absolute atomic E-state index is 5.25. The fourth-order valence-electron chi connectivity index (χ4n) is 2.13. The third-order valence-corrected chi connectivity index (χ3v) is 4.59. The largest absolute Gasteiger partial charge is 0.497 e. The van der Waals surface area contributed by atoms with Crippen molar-refractivity contribution in [1.29, 1.82) is 0 Å². The van der Waals surface area contributed by atoms with E-state index < -0.39 is 0 Å². The van der Waals surface area contributed by atoms with Gasteiger partial charge in [0.15, 0.2) is 0 Å². The van der Waals surface area contributed by atoms with Crippen molar-refractivity contribution in [3.63, 3.8) is 0 Å². The van der Waals surface area contributed by atoms with E-state index in [1.54, 1.807) is 7.11 Å². The Labute approximate surface area is 108 Å². The van der Waals surface area contributed by atoms with Crippen LogP contribution in [0.4, 0.5) is 0 Å². The number of rotatable bonds is 4. The van der Waals surface area contributed by atoms with Gasteiger partial charge in [-0.2, -0.15) is 11.8 Å². The van der Waals surface area contributed by atoms with E-state index in [9.17, 15) is 0 Å². The van der Waals surface area contributed by atoms with Crippen molar-refractivity contribution in [2.75, 3.05) is 20.2 Å². The molecule has 1 aromatic carbocycles. The third-order valence-electron chi connectivity index (χ3n) is 3.14. The molecule has 0 aliphatic carbocycles. The molecule has 2 rings (SSSR count). The van der Waals surface area contributed by atoms with Gasteiger partial charge in [-0.25, -0.2) is 0 Å². The van der Waals surface area contributed by atoms with Gasteiger partial charge in [-0.3, -0.25) is 0 Å². The van der Waals surface area contributed by atoms with Crippen LogP contribution in [0.2, 0.25) is 0 Å². The zero-order valence-electron chi connectivity index (χ0n) is 10.4. The minimum Gasteiger partial charge on any atom is -0.497 e. The van der Waals surface area contributed by atoms with Gasteiger partial charge in [-0.05, 0) is 50.0 Å². The molecule has 1 heterocycles. The van der Waals surface area contributed by atoms with Crippen LogP contribution >= 0.6 is 11.8 Å². The van der Waals surface area contributed by atoms with Crippen molar-refractivity contribution >= 4 is 11.8 Å². The molecule has 1 fully saturated rings. The van der Waals surface area contributed by atoms with Gasteiger partial charge >= 0.3 is 0 Å². The molecule has 0 radical (unpaired) electrons. The Kier molecular flexibility index (Phi) is 5.20. The molecule has 3 heteroatoms. The number of methoxy groups -OCH3 is 1. The molecular formula is C14H21NOS. The molecule has 1 aliphatic heterocycles. The highest BCUT2D eigenvalue weighted by atomic mass is 32.2. The summed E-state index contributed by atoms with van der Waals surface area (Å²) in [7, 11) is 1.73. The number of thioether (sulfide) groups is 1. The first-order chi connectivity index (χ1) is 8.38. The first-order valence-corrected chi connectivity index (χ1v) is 7.38. The second-order valence-electron chi connectivity index (χ2n) is 4.47. The fourth-order valence-corrected chi connectivity index (χ4v) is 3.36. The minimum atomic E-state index is 0.816. The normalized spacial score (nSPS) is 20.9. The summed E-state index contributed by atoms with van der Waals surface area (Å²) in [6, 6.07) is 8.40. The quantitative estimate of drug-likeness (QED) is 0.888. The first kappa shape index (κ1) is 12.8. The molecule has 1 unspecified atom stereocenters. The van der Waals surface area contributed by atoms with Gasteiger partial charge in [0.2, 0.25) is 0 Å². The Morgan fingerprint density at radius 3 is 3.18 bits per heavy atom. The van der Waals surface area contributed by atoms with Crippen LogP contribution in [0.15, 0.2) is 24.3 Å². The molecule has 0 bridgehead atoms. The van der Waals surface area contributed by atoms with Gasteiger partial charge in [0.25, 0.3) is 0 Å². The summed E-state index contributed by atoms with van der Waals surface area (Å²) in [5.41, 5.74) is 1.37. The van der Waals surface area contributed by atoms with E-state index in [0.717, 1.165) is 16.8 Å². The molecule has 1 aromatic rings. The minimum absolute atomic E-state index is 0.816. The van der Waals surface area contributed by atoms with Crippen molar-refractivity contribution in [3.8, 4) is 5.75 Å². The van der Waals surface area contributed by atoms with Crippen LogP contribution in [0.25, 0.3) is 0 Å². The average molecular weight is 251 g/mol. The summed E-state index contributed by atoms with van der Waals surface area (Å²) >= 11 is 2.09. The summed E-state index contributed by atoms with van der Waals surface area (Å²) < 4.78 is 5.25. The molecule has 2 nitrogen and oxygen atoms in total. The molecule has 94 valence electrons. The third kappa shape index (κ3) is 4.25. The molecule has 0 aromatic heterocycles. The van der Waals surface area contributed by atoms with Crippen molar-refractivity contribution in [2.45, 2.75) is 30.3 Å². The van der Waals surface area contributed by atoms with E-state index in [1.165, 1.54) is 37.9 Å². The number of benzene rings is 1. The molecule has 1 atom stereocenters. The summed E-state index contributed by atoms with van der Waals surface area (Å²) in [5, 5.41) is 4.28. The highest BCUT2D eigenvalue weighted by molar-refractivity contribution is 7.99. The monoisotopic (exact) mass is 251 g/mol. The molecule has 1 N–H and O–H groups in total. The Bertz CT molecular complexity index is 335. The summed E-state index contributed by atoms with van der Waals surface area (Å²) in [6.45, 7) is 2.37. The number of hydrogen-bond acceptors (Lipinski definition) is 3. The van der Waals surface area contributed by atoms with Crippen LogP contribution in [0, 0.1) is 0 Å². The average Bonchev–Trinajstić information content (AvgIpc) is 2.65. The number of hydrogen-bond donors (Lipinski definition) is 1. The van der Waals surface area contributed by atoms with Gasteiger partial charge in [-0.15, -0.1) is 0 Å². The maximum Gasteiger partial charge on any atom is 0.119 e. The van der Waals surface area contributed by atoms with Gasteiger partial charge < -0.3 is 10.1 Å². The summed E-state index contributed by atoms with van der Waals surface area (Å²) in [4.78, 5) is 0. The molecular weight excluding hydrogens is 230 g/mol. The van der Waals surface area contributed by atoms with Crippen LogP contribution in [0.5, 0.6) is 5.75 Å². The second kappa shape index (κ2) is 6.92. The lowest BCUT2D eigenvalue weighted by atomic mass is 10.2. The van der Waals surface area contributed by atoms with Crippen LogP contribution in [-0.2, 0) is 5.75 Å². The predicted molar refractivity (Wildman–Crippen MR) is 74.8 cm³/mol. The highest BCUT2D eigenvalue weighted by Crippen LogP contribution is 2.26. The molecule has 0 amide bonds. The molecule has 17 heavy (non-hydrogen) atoms. The van der Waals surface area contributed by atoms with E-state index in [-0.39, 0.29) is 0 Å². The number of ether oxygens (including phenoxy) is 1. The topological polar surface area (TPSA) is 21.3 Å². The molecule has 0 saturated carbocycles. The zero-order chi connectivity index (χ0) is 11.9. The summed E-state index contributed by atoms with van der Waals surface area (Å²) in [5.74, 6) is 2.06. The van der Waals surface area contributed by atoms with E-state index in [2.05, 4.69) is 35.3 Å². The molecule has 0 spiro atoms. The maximum atomic E-state index is 5.25. The lowest BCUT2D eigenvalue weighted by molar-refractivity contribution is 0.414. The fraction of sp³-hybridized carbons (Fsp3) is 0.571. The SMILES string of the molecule is COc1cccc(CSC2CCCNCC2)c1. The Hall–Kier alpha value is -0.670. The van der Waals surface area contributed by atoms with Gasteiger partial charge in [-0.1, -0.05) is 12.1 Å². The lowest BCUT2D eigenvalue weighted by Crippen LogP contribution is -2.14. The van der Waals surface area contributed by atoms with E-state index in [4.69, 9.17) is 4.74 Å². The number of nitrogens with one attached hydrogen (secondary N) is 1. The lowest BCUT2D eigenvalue weighted by Gasteiger charge is -2.13. The van der Waals surface area contributed by atoms with Crippen LogP contribution in [-0.4, -0.2) is 25.4 Å². The van der Waals surface area contributed by atoms with E-state index in [1.807, 2.05) is 6.07 Å². The van der Waals surface area contributed by atoms with Crippen LogP contribution < -0.4 is 10.1 Å².